The van der Waals surface area contributed by atoms with Crippen LogP contribution in [0.25, 0.3) is 0 Å². The summed E-state index contributed by atoms with van der Waals surface area (Å²) < 4.78 is 0. The number of likely N-dealkylation sites (N-methyl/N-ethyl adjacent to an activating group) is 1. The maximum atomic E-state index is 12.8. The molecule has 0 bridgehead atoms. The van der Waals surface area contributed by atoms with E-state index >= 15 is 0 Å². The molecule has 1 N–H and O–H groups in total. The minimum atomic E-state index is 0.0268. The maximum Gasteiger partial charge on any atom is 0.163 e. The summed E-state index contributed by atoms with van der Waals surface area (Å²) in [6.45, 7) is 3.03. The van der Waals surface area contributed by atoms with Crippen LogP contribution in [-0.2, 0) is 4.79 Å². The molecular formula is C19H20N2OS. The molecule has 118 valence electrons. The van der Waals surface area contributed by atoms with E-state index in [0.717, 1.165) is 36.3 Å². The van der Waals surface area contributed by atoms with Gasteiger partial charge in [-0.25, -0.2) is 0 Å². The van der Waals surface area contributed by atoms with Gasteiger partial charge in [-0.15, -0.1) is 11.3 Å². The summed E-state index contributed by atoms with van der Waals surface area (Å²) in [5.41, 5.74) is 4.37. The molecule has 2 aliphatic rings. The van der Waals surface area contributed by atoms with Crippen LogP contribution in [0.1, 0.15) is 37.1 Å². The summed E-state index contributed by atoms with van der Waals surface area (Å²) in [6, 6.07) is 12.6. The largest absolute Gasteiger partial charge is 0.358 e. The molecule has 0 saturated carbocycles. The van der Waals surface area contributed by atoms with Gasteiger partial charge in [-0.2, -0.15) is 0 Å². The van der Waals surface area contributed by atoms with Gasteiger partial charge in [0.05, 0.1) is 17.4 Å². The number of ketones is 1. The number of Topliss-reactive ketones (excluding diaryl/α,β-unsaturated/α-hetero) is 1. The molecule has 0 amide bonds. The Morgan fingerprint density at radius 3 is 2.87 bits per heavy atom. The van der Waals surface area contributed by atoms with E-state index in [-0.39, 0.29) is 6.04 Å². The van der Waals surface area contributed by atoms with Crippen LogP contribution < -0.4 is 10.2 Å². The van der Waals surface area contributed by atoms with Crippen molar-refractivity contribution in [3.8, 4) is 0 Å². The van der Waals surface area contributed by atoms with E-state index < -0.39 is 0 Å². The van der Waals surface area contributed by atoms with E-state index in [1.807, 2.05) is 0 Å². The number of thiophene rings is 1. The Morgan fingerprint density at radius 2 is 2.09 bits per heavy atom. The summed E-state index contributed by atoms with van der Waals surface area (Å²) in [6.07, 6.45) is 2.56. The maximum absolute atomic E-state index is 12.8. The van der Waals surface area contributed by atoms with E-state index in [1.54, 1.807) is 11.3 Å². The highest BCUT2D eigenvalue weighted by atomic mass is 32.1. The third-order valence-electron chi connectivity index (χ3n) is 4.69. The highest BCUT2D eigenvalue weighted by Gasteiger charge is 2.36. The van der Waals surface area contributed by atoms with E-state index in [2.05, 4.69) is 58.9 Å². The third-order valence-corrected chi connectivity index (χ3v) is 5.62. The van der Waals surface area contributed by atoms with Crippen LogP contribution in [0.15, 0.2) is 53.0 Å². The Hall–Kier alpha value is -2.07. The highest BCUT2D eigenvalue weighted by molar-refractivity contribution is 7.10. The summed E-state index contributed by atoms with van der Waals surface area (Å²) >= 11 is 1.73. The first-order valence-corrected chi connectivity index (χ1v) is 9.10. The van der Waals surface area contributed by atoms with Crippen molar-refractivity contribution < 1.29 is 4.79 Å². The number of rotatable bonds is 2. The van der Waals surface area contributed by atoms with Crippen molar-refractivity contribution in [2.45, 2.75) is 32.2 Å². The number of anilines is 2. The minimum Gasteiger partial charge on any atom is -0.358 e. The van der Waals surface area contributed by atoms with Gasteiger partial charge in [0.25, 0.3) is 0 Å². The Bertz CT molecular complexity index is 763. The van der Waals surface area contributed by atoms with Gasteiger partial charge >= 0.3 is 0 Å². The summed E-state index contributed by atoms with van der Waals surface area (Å²) in [7, 11) is 0. The van der Waals surface area contributed by atoms with Crippen molar-refractivity contribution in [1.29, 1.82) is 0 Å². The van der Waals surface area contributed by atoms with Crippen molar-refractivity contribution in [2.24, 2.45) is 0 Å². The van der Waals surface area contributed by atoms with Crippen LogP contribution in [0.5, 0.6) is 0 Å². The number of hydrogen-bond acceptors (Lipinski definition) is 4. The molecule has 4 heteroatoms. The second-order valence-electron chi connectivity index (χ2n) is 6.02. The average Bonchev–Trinajstić information content (AvgIpc) is 3.04. The van der Waals surface area contributed by atoms with Crippen molar-refractivity contribution >= 4 is 28.5 Å². The molecule has 1 aliphatic carbocycles. The Balaban J connectivity index is 1.96. The molecule has 0 spiro atoms. The second kappa shape index (κ2) is 5.85. The molecule has 2 heterocycles. The molecule has 3 nitrogen and oxygen atoms in total. The molecule has 1 aliphatic heterocycles. The van der Waals surface area contributed by atoms with Gasteiger partial charge in [0.1, 0.15) is 0 Å². The Kier molecular flexibility index (Phi) is 3.69. The fourth-order valence-corrected chi connectivity index (χ4v) is 4.54. The number of nitrogens with one attached hydrogen (secondary N) is 1. The lowest BCUT2D eigenvalue weighted by molar-refractivity contribution is -0.116. The standard InChI is InChI=1S/C19H20N2OS/c1-2-21-15-9-4-3-7-13(15)20-14-8-5-10-16(22)18(14)19(21)17-11-6-12-23-17/h3-4,6-7,9,11-12,19-20H,2,5,8,10H2,1H3/t19-/m1/s1. The molecule has 1 aromatic carbocycles. The molecule has 0 saturated heterocycles. The van der Waals surface area contributed by atoms with Crippen LogP contribution in [0.2, 0.25) is 0 Å². The van der Waals surface area contributed by atoms with Crippen LogP contribution in [0.4, 0.5) is 11.4 Å². The van der Waals surface area contributed by atoms with Crippen molar-refractivity contribution in [2.75, 3.05) is 16.8 Å². The molecule has 1 atom stereocenters. The summed E-state index contributed by atoms with van der Waals surface area (Å²) in [4.78, 5) is 16.4. The number of nitrogens with zero attached hydrogens (tertiary/aromatic N) is 1. The smallest absolute Gasteiger partial charge is 0.163 e. The van der Waals surface area contributed by atoms with Crippen LogP contribution in [0, 0.1) is 0 Å². The number of allylic oxidation sites excluding steroid dienone is 1. The normalized spacial score (nSPS) is 20.7. The first kappa shape index (κ1) is 14.5. The average molecular weight is 324 g/mol. The van der Waals surface area contributed by atoms with Crippen molar-refractivity contribution in [1.82, 2.24) is 0 Å². The molecule has 1 aromatic heterocycles. The fourth-order valence-electron chi connectivity index (χ4n) is 3.69. The number of hydrogen-bond donors (Lipinski definition) is 1. The van der Waals surface area contributed by atoms with Crippen molar-refractivity contribution in [3.63, 3.8) is 0 Å². The molecule has 0 radical (unpaired) electrons. The number of para-hydroxylation sites is 2. The van der Waals surface area contributed by atoms with Crippen molar-refractivity contribution in [3.05, 3.63) is 57.9 Å². The van der Waals surface area contributed by atoms with Gasteiger partial charge in [-0.05, 0) is 43.3 Å². The first-order chi connectivity index (χ1) is 11.3. The van der Waals surface area contributed by atoms with E-state index in [0.29, 0.717) is 12.2 Å². The third kappa shape index (κ3) is 2.38. The lowest BCUT2D eigenvalue weighted by Crippen LogP contribution is -2.32. The number of fused-ring (bicyclic) bond motifs is 1. The molecular weight excluding hydrogens is 304 g/mol. The van der Waals surface area contributed by atoms with Crippen LogP contribution >= 0.6 is 11.3 Å². The lowest BCUT2D eigenvalue weighted by Gasteiger charge is -2.33. The highest BCUT2D eigenvalue weighted by Crippen LogP contribution is 2.45. The predicted octanol–water partition coefficient (Wildman–Crippen LogP) is 4.75. The quantitative estimate of drug-likeness (QED) is 0.865. The van der Waals surface area contributed by atoms with Gasteiger partial charge in [-0.3, -0.25) is 4.79 Å². The zero-order valence-corrected chi connectivity index (χ0v) is 14.0. The van der Waals surface area contributed by atoms with Gasteiger partial charge in [0.2, 0.25) is 0 Å². The number of carbonyl (C=O) groups excluding carboxylic acids is 1. The summed E-state index contributed by atoms with van der Waals surface area (Å²) in [5, 5.41) is 5.67. The minimum absolute atomic E-state index is 0.0268. The SMILES string of the molecule is CCN1c2ccccc2NC2=C(C(=O)CCC2)[C@H]1c1cccs1. The van der Waals surface area contributed by atoms with Gasteiger partial charge in [-0.1, -0.05) is 18.2 Å². The number of carbonyl (C=O) groups is 1. The molecule has 23 heavy (non-hydrogen) atoms. The molecule has 0 unspecified atom stereocenters. The Morgan fingerprint density at radius 1 is 1.22 bits per heavy atom. The predicted molar refractivity (Wildman–Crippen MR) is 96.0 cm³/mol. The zero-order valence-electron chi connectivity index (χ0n) is 13.2. The molecule has 2 aromatic rings. The molecule has 0 fully saturated rings. The molecule has 4 rings (SSSR count). The monoisotopic (exact) mass is 324 g/mol. The first-order valence-electron chi connectivity index (χ1n) is 8.22. The Labute approximate surface area is 140 Å². The van der Waals surface area contributed by atoms with Gasteiger partial charge < -0.3 is 10.2 Å². The van der Waals surface area contributed by atoms with E-state index in [9.17, 15) is 4.79 Å². The van der Waals surface area contributed by atoms with Gasteiger partial charge in [0.15, 0.2) is 5.78 Å². The van der Waals surface area contributed by atoms with Crippen LogP contribution in [0.3, 0.4) is 0 Å². The lowest BCUT2D eigenvalue weighted by atomic mass is 9.88. The van der Waals surface area contributed by atoms with Crippen LogP contribution in [-0.4, -0.2) is 12.3 Å². The van der Waals surface area contributed by atoms with Gasteiger partial charge in [0, 0.05) is 29.1 Å². The number of benzene rings is 1. The van der Waals surface area contributed by atoms with E-state index in [4.69, 9.17) is 0 Å². The fraction of sp³-hybridized carbons (Fsp3) is 0.316. The van der Waals surface area contributed by atoms with E-state index in [1.165, 1.54) is 10.6 Å². The summed E-state index contributed by atoms with van der Waals surface area (Å²) in [5.74, 6) is 0.295. The second-order valence-corrected chi connectivity index (χ2v) is 6.99. The topological polar surface area (TPSA) is 32.3 Å². The zero-order chi connectivity index (χ0) is 15.8.